The smallest absolute Gasteiger partial charge is 0.148 e. The van der Waals surface area contributed by atoms with Crippen molar-refractivity contribution in [2.45, 2.75) is 30.9 Å². The van der Waals surface area contributed by atoms with Gasteiger partial charge in [0.2, 0.25) is 0 Å². The molecule has 0 saturated carbocycles. The average molecular weight is 308 g/mol. The topological polar surface area (TPSA) is 41.5 Å². The number of hydrogen-bond acceptors (Lipinski definition) is 6. The van der Waals surface area contributed by atoms with E-state index in [9.17, 15) is 0 Å². The highest BCUT2D eigenvalue weighted by Gasteiger charge is 2.23. The summed E-state index contributed by atoms with van der Waals surface area (Å²) in [6.45, 7) is 8.42. The molecule has 1 aromatic rings. The van der Waals surface area contributed by atoms with Gasteiger partial charge in [-0.15, -0.1) is 11.8 Å². The van der Waals surface area contributed by atoms with Crippen LogP contribution >= 0.6 is 11.8 Å². The van der Waals surface area contributed by atoms with Crippen LogP contribution in [-0.2, 0) is 4.74 Å². The summed E-state index contributed by atoms with van der Waals surface area (Å²) in [7, 11) is 0. The van der Waals surface area contributed by atoms with Gasteiger partial charge in [-0.3, -0.25) is 9.88 Å². The summed E-state index contributed by atoms with van der Waals surface area (Å²) in [5.74, 6) is 2.05. The molecule has 6 heteroatoms. The number of hydrogen-bond donors (Lipinski definition) is 0. The third-order valence-corrected chi connectivity index (χ3v) is 4.86. The van der Waals surface area contributed by atoms with Crippen LogP contribution < -0.4 is 4.90 Å². The van der Waals surface area contributed by atoms with Crippen LogP contribution in [-0.4, -0.2) is 66.1 Å². The van der Waals surface area contributed by atoms with Crippen molar-refractivity contribution >= 4 is 17.6 Å². The zero-order valence-corrected chi connectivity index (χ0v) is 13.5. The van der Waals surface area contributed by atoms with E-state index in [1.54, 1.807) is 11.8 Å². The Bertz CT molecular complexity index is 445. The number of anilines is 1. The average Bonchev–Trinajstić information content (AvgIpc) is 3.02. The first-order valence-corrected chi connectivity index (χ1v) is 8.87. The van der Waals surface area contributed by atoms with Crippen molar-refractivity contribution in [2.24, 2.45) is 0 Å². The SMILES string of the molecule is CCSc1cncc(N2CCN(C[C@@H]3CCCO3)CC2)n1. The Kier molecular flexibility index (Phi) is 5.32. The minimum absolute atomic E-state index is 0.459. The lowest BCUT2D eigenvalue weighted by atomic mass is 10.2. The van der Waals surface area contributed by atoms with Crippen molar-refractivity contribution in [3.8, 4) is 0 Å². The number of nitrogens with zero attached hydrogens (tertiary/aromatic N) is 4. The van der Waals surface area contributed by atoms with Crippen molar-refractivity contribution in [2.75, 3.05) is 50.0 Å². The monoisotopic (exact) mass is 308 g/mol. The highest BCUT2D eigenvalue weighted by molar-refractivity contribution is 7.99. The Labute approximate surface area is 131 Å². The molecule has 3 heterocycles. The molecule has 116 valence electrons. The van der Waals surface area contributed by atoms with Crippen molar-refractivity contribution < 1.29 is 4.74 Å². The van der Waals surface area contributed by atoms with Crippen molar-refractivity contribution in [1.29, 1.82) is 0 Å². The molecule has 21 heavy (non-hydrogen) atoms. The van der Waals surface area contributed by atoms with Gasteiger partial charge in [0.1, 0.15) is 10.8 Å². The van der Waals surface area contributed by atoms with E-state index >= 15 is 0 Å². The standard InChI is InChI=1S/C15H24N4OS/c1-2-21-15-11-16-10-14(17-15)19-7-5-18(6-8-19)12-13-4-3-9-20-13/h10-11,13H,2-9,12H2,1H3/t13-/m0/s1. The Morgan fingerprint density at radius 2 is 2.14 bits per heavy atom. The fourth-order valence-electron chi connectivity index (χ4n) is 2.94. The van der Waals surface area contributed by atoms with Crippen LogP contribution in [0, 0.1) is 0 Å². The second kappa shape index (κ2) is 7.42. The third kappa shape index (κ3) is 4.08. The van der Waals surface area contributed by atoms with Crippen molar-refractivity contribution in [1.82, 2.24) is 14.9 Å². The van der Waals surface area contributed by atoms with Crippen LogP contribution in [0.25, 0.3) is 0 Å². The molecule has 2 fully saturated rings. The van der Waals surface area contributed by atoms with Crippen LogP contribution in [0.5, 0.6) is 0 Å². The summed E-state index contributed by atoms with van der Waals surface area (Å²) in [5, 5.41) is 1.02. The van der Waals surface area contributed by atoms with E-state index in [1.807, 2.05) is 12.4 Å². The second-order valence-corrected chi connectivity index (χ2v) is 6.86. The van der Waals surface area contributed by atoms with Gasteiger partial charge in [0.05, 0.1) is 18.5 Å². The number of piperazine rings is 1. The molecule has 1 aromatic heterocycles. The lowest BCUT2D eigenvalue weighted by Gasteiger charge is -2.36. The second-order valence-electron chi connectivity index (χ2n) is 5.57. The molecular formula is C15H24N4OS. The van der Waals surface area contributed by atoms with Gasteiger partial charge in [0, 0.05) is 39.3 Å². The highest BCUT2D eigenvalue weighted by Crippen LogP contribution is 2.20. The van der Waals surface area contributed by atoms with Gasteiger partial charge in [-0.1, -0.05) is 6.92 Å². The Morgan fingerprint density at radius 1 is 1.29 bits per heavy atom. The maximum atomic E-state index is 5.73. The first-order valence-electron chi connectivity index (χ1n) is 7.89. The number of aromatic nitrogens is 2. The first-order chi connectivity index (χ1) is 10.3. The predicted octanol–water partition coefficient (Wildman–Crippen LogP) is 1.89. The van der Waals surface area contributed by atoms with Gasteiger partial charge in [0.15, 0.2) is 0 Å². The molecule has 2 saturated heterocycles. The molecule has 0 aromatic carbocycles. The van der Waals surface area contributed by atoms with Gasteiger partial charge < -0.3 is 9.64 Å². The fraction of sp³-hybridized carbons (Fsp3) is 0.733. The zero-order valence-electron chi connectivity index (χ0n) is 12.7. The summed E-state index contributed by atoms with van der Waals surface area (Å²) >= 11 is 1.75. The summed E-state index contributed by atoms with van der Waals surface area (Å²) in [6, 6.07) is 0. The van der Waals surface area contributed by atoms with Crippen LogP contribution in [0.15, 0.2) is 17.4 Å². The van der Waals surface area contributed by atoms with Gasteiger partial charge in [-0.25, -0.2) is 4.98 Å². The Balaban J connectivity index is 1.51. The number of rotatable bonds is 5. The molecule has 2 aliphatic heterocycles. The molecule has 3 rings (SSSR count). The van der Waals surface area contributed by atoms with Crippen LogP contribution in [0.3, 0.4) is 0 Å². The van der Waals surface area contributed by atoms with E-state index < -0.39 is 0 Å². The van der Waals surface area contributed by atoms with E-state index in [0.29, 0.717) is 6.10 Å². The lowest BCUT2D eigenvalue weighted by Crippen LogP contribution is -2.48. The maximum absolute atomic E-state index is 5.73. The van der Waals surface area contributed by atoms with Crippen LogP contribution in [0.2, 0.25) is 0 Å². The van der Waals surface area contributed by atoms with Crippen molar-refractivity contribution in [3.63, 3.8) is 0 Å². The van der Waals surface area contributed by atoms with E-state index in [0.717, 1.165) is 55.9 Å². The van der Waals surface area contributed by atoms with E-state index in [-0.39, 0.29) is 0 Å². The maximum Gasteiger partial charge on any atom is 0.148 e. The fourth-order valence-corrected chi connectivity index (χ4v) is 3.53. The van der Waals surface area contributed by atoms with Gasteiger partial charge in [0.25, 0.3) is 0 Å². The third-order valence-electron chi connectivity index (χ3n) is 4.07. The molecule has 0 amide bonds. The molecule has 1 atom stereocenters. The minimum Gasteiger partial charge on any atom is -0.377 e. The molecule has 0 N–H and O–H groups in total. The molecule has 5 nitrogen and oxygen atoms in total. The van der Waals surface area contributed by atoms with Crippen LogP contribution in [0.1, 0.15) is 19.8 Å². The van der Waals surface area contributed by atoms with Crippen molar-refractivity contribution in [3.05, 3.63) is 12.4 Å². The molecule has 0 radical (unpaired) electrons. The Morgan fingerprint density at radius 3 is 2.86 bits per heavy atom. The van der Waals surface area contributed by atoms with Gasteiger partial charge >= 0.3 is 0 Å². The largest absolute Gasteiger partial charge is 0.377 e. The first kappa shape index (κ1) is 15.1. The van der Waals surface area contributed by atoms with E-state index in [4.69, 9.17) is 9.72 Å². The molecule has 2 aliphatic rings. The summed E-state index contributed by atoms with van der Waals surface area (Å²) in [5.41, 5.74) is 0. The molecule has 0 unspecified atom stereocenters. The normalized spacial score (nSPS) is 23.7. The quantitative estimate of drug-likeness (QED) is 0.774. The molecule has 0 bridgehead atoms. The molecule has 0 aliphatic carbocycles. The molecule has 0 spiro atoms. The highest BCUT2D eigenvalue weighted by atomic mass is 32.2. The van der Waals surface area contributed by atoms with E-state index in [1.165, 1.54) is 12.8 Å². The summed E-state index contributed by atoms with van der Waals surface area (Å²) < 4.78 is 5.73. The van der Waals surface area contributed by atoms with Gasteiger partial charge in [-0.05, 0) is 18.6 Å². The molecular weight excluding hydrogens is 284 g/mol. The predicted molar refractivity (Wildman–Crippen MR) is 86.1 cm³/mol. The Hall–Kier alpha value is -0.850. The zero-order chi connectivity index (χ0) is 14.5. The lowest BCUT2D eigenvalue weighted by molar-refractivity contribution is 0.0712. The van der Waals surface area contributed by atoms with Crippen LogP contribution in [0.4, 0.5) is 5.82 Å². The van der Waals surface area contributed by atoms with E-state index in [2.05, 4.69) is 21.7 Å². The summed E-state index contributed by atoms with van der Waals surface area (Å²) in [4.78, 5) is 13.9. The van der Waals surface area contributed by atoms with Gasteiger partial charge in [-0.2, -0.15) is 0 Å². The minimum atomic E-state index is 0.459. The summed E-state index contributed by atoms with van der Waals surface area (Å²) in [6.07, 6.45) is 6.64. The number of thioether (sulfide) groups is 1. The number of ether oxygens (including phenoxy) is 1.